The van der Waals surface area contributed by atoms with Gasteiger partial charge in [-0.15, -0.1) is 0 Å². The Morgan fingerprint density at radius 1 is 0.929 bits per heavy atom. The second-order valence-corrected chi connectivity index (χ2v) is 7.34. The highest BCUT2D eigenvalue weighted by Crippen LogP contribution is 2.27. The Hall–Kier alpha value is -2.91. The van der Waals surface area contributed by atoms with E-state index in [0.717, 1.165) is 19.3 Å². The predicted molar refractivity (Wildman–Crippen MR) is 111 cm³/mol. The van der Waals surface area contributed by atoms with Gasteiger partial charge in [-0.25, -0.2) is 0 Å². The molecule has 0 saturated carbocycles. The Labute approximate surface area is 172 Å². The third kappa shape index (κ3) is 4.68. The second kappa shape index (κ2) is 9.34. The number of carbonyl (C=O) groups is 2. The molecule has 1 saturated heterocycles. The van der Waals surface area contributed by atoms with Gasteiger partial charge in [-0.2, -0.15) is 5.26 Å². The zero-order valence-electron chi connectivity index (χ0n) is 15.3. The van der Waals surface area contributed by atoms with Crippen LogP contribution in [0.4, 0.5) is 0 Å². The van der Waals surface area contributed by atoms with Crippen LogP contribution in [0.3, 0.4) is 0 Å². The number of rotatable bonds is 4. The van der Waals surface area contributed by atoms with Gasteiger partial charge in [-0.05, 0) is 65.0 Å². The summed E-state index contributed by atoms with van der Waals surface area (Å²) in [5.41, 5.74) is 1.93. The summed E-state index contributed by atoms with van der Waals surface area (Å²) in [7, 11) is 0. The van der Waals surface area contributed by atoms with Crippen LogP contribution in [-0.4, -0.2) is 29.8 Å². The maximum atomic E-state index is 13.2. The Morgan fingerprint density at radius 2 is 1.57 bits per heavy atom. The zero-order valence-corrected chi connectivity index (χ0v) is 16.9. The van der Waals surface area contributed by atoms with E-state index in [2.05, 4.69) is 27.3 Å². The highest BCUT2D eigenvalue weighted by molar-refractivity contribution is 9.15. The van der Waals surface area contributed by atoms with Gasteiger partial charge in [0.05, 0.1) is 16.1 Å². The lowest BCUT2D eigenvalue weighted by Gasteiger charge is -2.28. The van der Waals surface area contributed by atoms with Crippen molar-refractivity contribution in [3.05, 3.63) is 77.0 Å². The van der Waals surface area contributed by atoms with E-state index < -0.39 is 0 Å². The molecule has 1 fully saturated rings. The minimum atomic E-state index is -0.341. The Balaban J connectivity index is 1.96. The highest BCUT2D eigenvalue weighted by atomic mass is 79.9. The van der Waals surface area contributed by atoms with Crippen molar-refractivity contribution in [1.82, 2.24) is 10.2 Å². The van der Waals surface area contributed by atoms with Gasteiger partial charge in [0.1, 0.15) is 5.70 Å². The summed E-state index contributed by atoms with van der Waals surface area (Å²) in [5, 5.41) is 11.8. The smallest absolute Gasteiger partial charge is 0.271 e. The first-order valence-electron chi connectivity index (χ1n) is 9.16. The molecule has 0 aromatic heterocycles. The number of halogens is 1. The fraction of sp³-hybridized carbons (Fsp3) is 0.227. The number of hydrogen-bond acceptors (Lipinski definition) is 3. The van der Waals surface area contributed by atoms with Crippen molar-refractivity contribution < 1.29 is 9.59 Å². The lowest BCUT2D eigenvalue weighted by Crippen LogP contribution is -2.41. The van der Waals surface area contributed by atoms with Crippen LogP contribution in [0.25, 0.3) is 4.48 Å². The van der Waals surface area contributed by atoms with Gasteiger partial charge in [-0.3, -0.25) is 9.59 Å². The number of piperidine rings is 1. The molecular formula is C22H20BrN3O2. The SMILES string of the molecule is N#Cc1ccc(/C(Br)=C(/NC(=O)c2ccccc2)C(=O)N2CCCCC2)cc1. The van der Waals surface area contributed by atoms with E-state index in [1.165, 1.54) is 0 Å². The first-order valence-corrected chi connectivity index (χ1v) is 9.95. The maximum Gasteiger partial charge on any atom is 0.271 e. The van der Waals surface area contributed by atoms with Crippen LogP contribution in [0, 0.1) is 11.3 Å². The van der Waals surface area contributed by atoms with E-state index in [-0.39, 0.29) is 17.5 Å². The number of nitrogens with zero attached hydrogens (tertiary/aromatic N) is 2. The second-order valence-electron chi connectivity index (χ2n) is 6.55. The molecular weight excluding hydrogens is 418 g/mol. The normalized spacial score (nSPS) is 14.6. The molecule has 0 radical (unpaired) electrons. The van der Waals surface area contributed by atoms with Gasteiger partial charge in [0.25, 0.3) is 11.8 Å². The maximum absolute atomic E-state index is 13.2. The van der Waals surface area contributed by atoms with Crippen molar-refractivity contribution in [2.45, 2.75) is 19.3 Å². The summed E-state index contributed by atoms with van der Waals surface area (Å²) in [6.07, 6.45) is 3.02. The van der Waals surface area contributed by atoms with Gasteiger partial charge in [0.2, 0.25) is 0 Å². The summed E-state index contributed by atoms with van der Waals surface area (Å²) in [6.45, 7) is 1.36. The van der Waals surface area contributed by atoms with Crippen LogP contribution in [0.1, 0.15) is 40.7 Å². The van der Waals surface area contributed by atoms with Crippen molar-refractivity contribution in [3.63, 3.8) is 0 Å². The molecule has 0 spiro atoms. The molecule has 28 heavy (non-hydrogen) atoms. The average molecular weight is 438 g/mol. The molecule has 142 valence electrons. The topological polar surface area (TPSA) is 73.2 Å². The number of nitrogens with one attached hydrogen (secondary N) is 1. The van der Waals surface area contributed by atoms with Gasteiger partial charge >= 0.3 is 0 Å². The predicted octanol–water partition coefficient (Wildman–Crippen LogP) is 4.06. The van der Waals surface area contributed by atoms with Crippen LogP contribution in [0.15, 0.2) is 60.3 Å². The standard InChI is InChI=1S/C22H20BrN3O2/c23-19(17-11-9-16(15-24)10-12-17)20(22(28)26-13-5-2-6-14-26)25-21(27)18-7-3-1-4-8-18/h1,3-4,7-12H,2,5-6,13-14H2,(H,25,27)/b20-19-. The van der Waals surface area contributed by atoms with E-state index in [1.807, 2.05) is 6.07 Å². The van der Waals surface area contributed by atoms with Gasteiger partial charge in [-0.1, -0.05) is 30.3 Å². The number of hydrogen-bond donors (Lipinski definition) is 1. The lowest BCUT2D eigenvalue weighted by molar-refractivity contribution is -0.128. The molecule has 0 unspecified atom stereocenters. The number of likely N-dealkylation sites (tertiary alicyclic amines) is 1. The first-order chi connectivity index (χ1) is 13.6. The fourth-order valence-corrected chi connectivity index (χ4v) is 3.60. The molecule has 1 N–H and O–H groups in total. The summed E-state index contributed by atoms with van der Waals surface area (Å²) >= 11 is 3.50. The third-order valence-corrected chi connectivity index (χ3v) is 5.47. The molecule has 1 heterocycles. The minimum absolute atomic E-state index is 0.208. The molecule has 5 nitrogen and oxygen atoms in total. The fourth-order valence-electron chi connectivity index (χ4n) is 3.07. The van der Waals surface area contributed by atoms with Gasteiger partial charge in [0, 0.05) is 18.7 Å². The van der Waals surface area contributed by atoms with Crippen LogP contribution in [0.5, 0.6) is 0 Å². The van der Waals surface area contributed by atoms with E-state index in [0.29, 0.717) is 34.3 Å². The Bertz CT molecular complexity index is 925. The Kier molecular flexibility index (Phi) is 6.62. The van der Waals surface area contributed by atoms with Crippen molar-refractivity contribution in [2.75, 3.05) is 13.1 Å². The Morgan fingerprint density at radius 3 is 2.18 bits per heavy atom. The largest absolute Gasteiger partial charge is 0.337 e. The number of benzene rings is 2. The molecule has 0 atom stereocenters. The lowest BCUT2D eigenvalue weighted by atomic mass is 10.1. The van der Waals surface area contributed by atoms with E-state index in [4.69, 9.17) is 5.26 Å². The summed E-state index contributed by atoms with van der Waals surface area (Å²) < 4.78 is 0.497. The van der Waals surface area contributed by atoms with E-state index in [9.17, 15) is 9.59 Å². The summed E-state index contributed by atoms with van der Waals surface area (Å²) in [5.74, 6) is -0.549. The highest BCUT2D eigenvalue weighted by Gasteiger charge is 2.25. The van der Waals surface area contributed by atoms with Crippen molar-refractivity contribution in [2.24, 2.45) is 0 Å². The van der Waals surface area contributed by atoms with Gasteiger partial charge in [0.15, 0.2) is 0 Å². The first kappa shape index (κ1) is 19.8. The third-order valence-electron chi connectivity index (χ3n) is 4.62. The molecule has 1 aliphatic heterocycles. The summed E-state index contributed by atoms with van der Waals surface area (Å²) in [4.78, 5) is 27.6. The van der Waals surface area contributed by atoms with Crippen molar-refractivity contribution >= 4 is 32.2 Å². The molecule has 2 aromatic carbocycles. The van der Waals surface area contributed by atoms with Crippen LogP contribution < -0.4 is 5.32 Å². The minimum Gasteiger partial charge on any atom is -0.337 e. The summed E-state index contributed by atoms with van der Waals surface area (Å²) in [6, 6.07) is 17.7. The van der Waals surface area contributed by atoms with E-state index in [1.54, 1.807) is 53.4 Å². The van der Waals surface area contributed by atoms with Crippen molar-refractivity contribution in [3.8, 4) is 6.07 Å². The van der Waals surface area contributed by atoms with Crippen molar-refractivity contribution in [1.29, 1.82) is 5.26 Å². The van der Waals surface area contributed by atoms with E-state index >= 15 is 0 Å². The molecule has 1 aliphatic rings. The number of nitriles is 1. The molecule has 0 bridgehead atoms. The van der Waals surface area contributed by atoms with Crippen LogP contribution in [0.2, 0.25) is 0 Å². The molecule has 0 aliphatic carbocycles. The van der Waals surface area contributed by atoms with Crippen LogP contribution in [-0.2, 0) is 4.79 Å². The van der Waals surface area contributed by atoms with Crippen LogP contribution >= 0.6 is 15.9 Å². The molecule has 3 rings (SSSR count). The molecule has 2 amide bonds. The zero-order chi connectivity index (χ0) is 19.9. The monoisotopic (exact) mass is 437 g/mol. The number of carbonyl (C=O) groups excluding carboxylic acids is 2. The quantitative estimate of drug-likeness (QED) is 0.732. The average Bonchev–Trinajstić information content (AvgIpc) is 2.77. The van der Waals surface area contributed by atoms with Gasteiger partial charge < -0.3 is 10.2 Å². The molecule has 6 heteroatoms. The molecule has 2 aromatic rings. The number of amides is 2.